The van der Waals surface area contributed by atoms with Crippen LogP contribution in [0.25, 0.3) is 55.6 Å². The Labute approximate surface area is 251 Å². The number of nitrogens with zero attached hydrogens (tertiary/aromatic N) is 3. The summed E-state index contributed by atoms with van der Waals surface area (Å²) in [6, 6.07) is 42.7. The predicted molar refractivity (Wildman–Crippen MR) is 177 cm³/mol. The number of imidazole rings is 1. The van der Waals surface area contributed by atoms with Crippen molar-refractivity contribution in [1.82, 2.24) is 14.1 Å². The van der Waals surface area contributed by atoms with Gasteiger partial charge in [0.2, 0.25) is 0 Å². The fourth-order valence-corrected chi connectivity index (χ4v) is 6.21. The molecular formula is C37H32BN3O2. The van der Waals surface area contributed by atoms with Gasteiger partial charge in [0, 0.05) is 27.7 Å². The van der Waals surface area contributed by atoms with E-state index in [-0.39, 0.29) is 11.2 Å². The van der Waals surface area contributed by atoms with E-state index in [1.165, 1.54) is 10.8 Å². The minimum absolute atomic E-state index is 0.379. The molecule has 5 nitrogen and oxygen atoms in total. The van der Waals surface area contributed by atoms with Crippen molar-refractivity contribution in [2.24, 2.45) is 0 Å². The van der Waals surface area contributed by atoms with Gasteiger partial charge in [-0.15, -0.1) is 0 Å². The number of hydrogen-bond donors (Lipinski definition) is 0. The number of hydrogen-bond acceptors (Lipinski definition) is 3. The second-order valence-electron chi connectivity index (χ2n) is 12.4. The van der Waals surface area contributed by atoms with Crippen LogP contribution < -0.4 is 5.46 Å². The van der Waals surface area contributed by atoms with E-state index >= 15 is 0 Å². The molecule has 5 aromatic carbocycles. The van der Waals surface area contributed by atoms with E-state index in [2.05, 4.69) is 146 Å². The molecule has 0 saturated carbocycles. The summed E-state index contributed by atoms with van der Waals surface area (Å²) in [7, 11) is -0.394. The number of benzene rings is 5. The Morgan fingerprint density at radius 1 is 0.558 bits per heavy atom. The summed E-state index contributed by atoms with van der Waals surface area (Å²) in [6.45, 7) is 8.35. The Morgan fingerprint density at radius 3 is 1.91 bits per heavy atom. The molecule has 0 unspecified atom stereocenters. The van der Waals surface area contributed by atoms with E-state index in [1.54, 1.807) is 0 Å². The number of para-hydroxylation sites is 4. The average molecular weight is 561 g/mol. The molecule has 0 amide bonds. The van der Waals surface area contributed by atoms with E-state index in [0.717, 1.165) is 50.3 Å². The van der Waals surface area contributed by atoms with Crippen molar-refractivity contribution in [3.8, 4) is 22.8 Å². The van der Waals surface area contributed by atoms with Gasteiger partial charge in [-0.25, -0.2) is 4.98 Å². The van der Waals surface area contributed by atoms with Gasteiger partial charge in [0.15, 0.2) is 0 Å². The lowest BCUT2D eigenvalue weighted by Crippen LogP contribution is -2.41. The second-order valence-corrected chi connectivity index (χ2v) is 12.4. The molecule has 1 aliphatic rings. The fraction of sp³-hybridized carbons (Fsp3) is 0.162. The standard InChI is InChI=1S/C37H32BN3O2/c1-36(2)37(3,4)43-38(42-36)26-19-21-28(22-20-26)40-32-16-10-8-14-29(32)30-23-18-25(24-34(30)40)35-39-31-15-9-11-17-33(31)41(35)27-12-6-5-7-13-27/h5-24H,1-4H3. The van der Waals surface area contributed by atoms with Crippen molar-refractivity contribution in [2.45, 2.75) is 38.9 Å². The topological polar surface area (TPSA) is 41.2 Å². The molecule has 43 heavy (non-hydrogen) atoms. The summed E-state index contributed by atoms with van der Waals surface area (Å²) in [5.74, 6) is 0.919. The summed E-state index contributed by atoms with van der Waals surface area (Å²) in [6.07, 6.45) is 0. The van der Waals surface area contributed by atoms with Gasteiger partial charge < -0.3 is 13.9 Å². The summed E-state index contributed by atoms with van der Waals surface area (Å²) in [5, 5.41) is 2.42. The monoisotopic (exact) mass is 561 g/mol. The maximum absolute atomic E-state index is 6.32. The van der Waals surface area contributed by atoms with Gasteiger partial charge in [-0.05, 0) is 81.7 Å². The van der Waals surface area contributed by atoms with Crippen LogP contribution >= 0.6 is 0 Å². The number of fused-ring (bicyclic) bond motifs is 4. The Kier molecular flexibility index (Phi) is 5.71. The number of rotatable bonds is 4. The van der Waals surface area contributed by atoms with Gasteiger partial charge >= 0.3 is 7.12 Å². The Hall–Kier alpha value is -4.65. The van der Waals surface area contributed by atoms with Crippen LogP contribution in [0.4, 0.5) is 0 Å². The SMILES string of the molecule is CC1(C)OB(c2ccc(-n3c4ccccc4c4ccc(-c5nc6ccccc6n5-c5ccccc5)cc43)cc2)OC1(C)C. The average Bonchev–Trinajstić information content (AvgIpc) is 3.64. The molecule has 1 fully saturated rings. The lowest BCUT2D eigenvalue weighted by molar-refractivity contribution is 0.00578. The molecule has 0 N–H and O–H groups in total. The molecule has 0 bridgehead atoms. The van der Waals surface area contributed by atoms with E-state index in [4.69, 9.17) is 14.3 Å². The first-order valence-corrected chi connectivity index (χ1v) is 14.8. The molecule has 0 aliphatic carbocycles. The molecule has 1 saturated heterocycles. The van der Waals surface area contributed by atoms with E-state index in [1.807, 2.05) is 12.1 Å². The summed E-state index contributed by atoms with van der Waals surface area (Å²) < 4.78 is 17.2. The molecule has 1 aliphatic heterocycles. The van der Waals surface area contributed by atoms with Gasteiger partial charge in [-0.2, -0.15) is 0 Å². The Balaban J connectivity index is 1.29. The molecule has 0 atom stereocenters. The smallest absolute Gasteiger partial charge is 0.399 e. The molecule has 6 heteroatoms. The van der Waals surface area contributed by atoms with Gasteiger partial charge in [-0.1, -0.05) is 72.8 Å². The minimum atomic E-state index is -0.394. The normalized spacial score (nSPS) is 16.0. The van der Waals surface area contributed by atoms with Crippen LogP contribution in [-0.4, -0.2) is 32.4 Å². The van der Waals surface area contributed by atoms with E-state index in [9.17, 15) is 0 Å². The van der Waals surface area contributed by atoms with Crippen molar-refractivity contribution in [2.75, 3.05) is 0 Å². The van der Waals surface area contributed by atoms with Crippen LogP contribution in [0.2, 0.25) is 0 Å². The number of aromatic nitrogens is 3. The highest BCUT2D eigenvalue weighted by Gasteiger charge is 2.51. The zero-order valence-corrected chi connectivity index (χ0v) is 24.8. The third-order valence-electron chi connectivity index (χ3n) is 9.18. The zero-order chi connectivity index (χ0) is 29.3. The first-order valence-electron chi connectivity index (χ1n) is 14.8. The van der Waals surface area contributed by atoms with Gasteiger partial charge in [0.1, 0.15) is 5.82 Å². The Bertz CT molecular complexity index is 2130. The highest BCUT2D eigenvalue weighted by atomic mass is 16.7. The summed E-state index contributed by atoms with van der Waals surface area (Å²) in [4.78, 5) is 5.13. The van der Waals surface area contributed by atoms with Gasteiger partial charge in [0.05, 0.1) is 33.3 Å². The predicted octanol–water partition coefficient (Wildman–Crippen LogP) is 8.09. The van der Waals surface area contributed by atoms with Crippen molar-refractivity contribution in [3.05, 3.63) is 121 Å². The van der Waals surface area contributed by atoms with E-state index in [0.29, 0.717) is 0 Å². The highest BCUT2D eigenvalue weighted by molar-refractivity contribution is 6.62. The third-order valence-corrected chi connectivity index (χ3v) is 9.18. The largest absolute Gasteiger partial charge is 0.494 e. The summed E-state index contributed by atoms with van der Waals surface area (Å²) >= 11 is 0. The van der Waals surface area contributed by atoms with E-state index < -0.39 is 7.12 Å². The van der Waals surface area contributed by atoms with Crippen molar-refractivity contribution in [1.29, 1.82) is 0 Å². The molecule has 7 aromatic rings. The Morgan fingerprint density at radius 2 is 1.16 bits per heavy atom. The molecule has 2 aromatic heterocycles. The molecule has 3 heterocycles. The van der Waals surface area contributed by atoms with Crippen LogP contribution in [0.3, 0.4) is 0 Å². The minimum Gasteiger partial charge on any atom is -0.399 e. The van der Waals surface area contributed by atoms with Gasteiger partial charge in [-0.3, -0.25) is 4.57 Å². The summed E-state index contributed by atoms with van der Waals surface area (Å²) in [5.41, 5.74) is 7.84. The maximum atomic E-state index is 6.32. The maximum Gasteiger partial charge on any atom is 0.494 e. The van der Waals surface area contributed by atoms with Crippen LogP contribution in [0.5, 0.6) is 0 Å². The molecule has 0 spiro atoms. The quantitative estimate of drug-likeness (QED) is 0.204. The molecule has 8 rings (SSSR count). The molecule has 0 radical (unpaired) electrons. The first-order chi connectivity index (χ1) is 20.8. The van der Waals surface area contributed by atoms with Crippen LogP contribution in [0, 0.1) is 0 Å². The van der Waals surface area contributed by atoms with Crippen LogP contribution in [-0.2, 0) is 9.31 Å². The van der Waals surface area contributed by atoms with Crippen LogP contribution in [0.15, 0.2) is 121 Å². The first kappa shape index (κ1) is 26.0. The zero-order valence-electron chi connectivity index (χ0n) is 24.8. The lowest BCUT2D eigenvalue weighted by atomic mass is 9.79. The van der Waals surface area contributed by atoms with Crippen LogP contribution in [0.1, 0.15) is 27.7 Å². The van der Waals surface area contributed by atoms with Crippen molar-refractivity contribution < 1.29 is 9.31 Å². The van der Waals surface area contributed by atoms with Crippen molar-refractivity contribution in [3.63, 3.8) is 0 Å². The fourth-order valence-electron chi connectivity index (χ4n) is 6.21. The lowest BCUT2D eigenvalue weighted by Gasteiger charge is -2.32. The highest BCUT2D eigenvalue weighted by Crippen LogP contribution is 2.38. The van der Waals surface area contributed by atoms with Gasteiger partial charge in [0.25, 0.3) is 0 Å². The molecular weight excluding hydrogens is 529 g/mol. The van der Waals surface area contributed by atoms with Crippen molar-refractivity contribution >= 4 is 45.4 Å². The molecule has 210 valence electrons. The second kappa shape index (κ2) is 9.43. The third kappa shape index (κ3) is 4.05.